The zero-order valence-electron chi connectivity index (χ0n) is 12.4. The Balaban J connectivity index is 1.84. The number of alkyl halides is 1. The van der Waals surface area contributed by atoms with Gasteiger partial charge in [0.05, 0.1) is 5.38 Å². The Bertz CT molecular complexity index is 580. The maximum Gasteiger partial charge on any atom is 0.0927 e. The molecule has 0 fully saturated rings. The second kappa shape index (κ2) is 5.20. The van der Waals surface area contributed by atoms with Gasteiger partial charge in [0.2, 0.25) is 0 Å². The largest absolute Gasteiger partial charge is 0.143 e. The van der Waals surface area contributed by atoms with Crippen molar-refractivity contribution in [3.8, 4) is 0 Å². The first-order valence-corrected chi connectivity index (χ1v) is 8.56. The maximum absolute atomic E-state index is 6.68. The molecule has 2 heteroatoms. The van der Waals surface area contributed by atoms with E-state index in [4.69, 9.17) is 11.6 Å². The zero-order valence-corrected chi connectivity index (χ0v) is 13.9. The Morgan fingerprint density at radius 3 is 2.40 bits per heavy atom. The quantitative estimate of drug-likeness (QED) is 0.609. The van der Waals surface area contributed by atoms with Gasteiger partial charge >= 0.3 is 0 Å². The lowest BCUT2D eigenvalue weighted by atomic mass is 9.86. The van der Waals surface area contributed by atoms with Crippen molar-refractivity contribution in [2.75, 3.05) is 0 Å². The fourth-order valence-electron chi connectivity index (χ4n) is 2.79. The molecule has 0 nitrogen and oxygen atoms in total. The molecule has 3 rings (SSSR count). The van der Waals surface area contributed by atoms with Crippen LogP contribution in [-0.4, -0.2) is 0 Å². The first kappa shape index (κ1) is 14.2. The summed E-state index contributed by atoms with van der Waals surface area (Å²) >= 11 is 8.58. The number of benzene rings is 1. The van der Waals surface area contributed by atoms with Crippen LogP contribution in [0.15, 0.2) is 30.3 Å². The predicted octanol–water partition coefficient (Wildman–Crippen LogP) is 5.86. The smallest absolute Gasteiger partial charge is 0.0927 e. The van der Waals surface area contributed by atoms with Crippen LogP contribution in [0.25, 0.3) is 0 Å². The Labute approximate surface area is 130 Å². The van der Waals surface area contributed by atoms with Crippen LogP contribution in [-0.2, 0) is 18.3 Å². The third-order valence-electron chi connectivity index (χ3n) is 4.08. The fourth-order valence-corrected chi connectivity index (χ4v) is 4.40. The molecule has 0 amide bonds. The molecule has 0 radical (unpaired) electrons. The van der Waals surface area contributed by atoms with Gasteiger partial charge in [-0.1, -0.05) is 45.0 Å². The van der Waals surface area contributed by atoms with Crippen molar-refractivity contribution in [1.29, 1.82) is 0 Å². The summed E-state index contributed by atoms with van der Waals surface area (Å²) in [5, 5.41) is -0.000353. The Morgan fingerprint density at radius 2 is 1.80 bits per heavy atom. The van der Waals surface area contributed by atoms with Crippen LogP contribution in [0.4, 0.5) is 0 Å². The summed E-state index contributed by atoms with van der Waals surface area (Å²) in [6, 6.07) is 11.1. The first-order valence-electron chi connectivity index (χ1n) is 7.31. The normalized spacial score (nSPS) is 16.2. The number of hydrogen-bond donors (Lipinski definition) is 0. The fraction of sp³-hybridized carbons (Fsp3) is 0.444. The highest BCUT2D eigenvalue weighted by Gasteiger charge is 2.20. The lowest BCUT2D eigenvalue weighted by molar-refractivity contribution is 0.590. The second-order valence-electron chi connectivity index (χ2n) is 6.69. The summed E-state index contributed by atoms with van der Waals surface area (Å²) in [4.78, 5) is 2.86. The molecule has 0 saturated carbocycles. The maximum atomic E-state index is 6.68. The minimum absolute atomic E-state index is 0.000353. The molecule has 1 aliphatic carbocycles. The Hall–Kier alpha value is -0.790. The summed E-state index contributed by atoms with van der Waals surface area (Å²) in [7, 11) is 0. The van der Waals surface area contributed by atoms with Crippen molar-refractivity contribution in [2.24, 2.45) is 0 Å². The van der Waals surface area contributed by atoms with Crippen molar-refractivity contribution >= 4 is 22.9 Å². The van der Waals surface area contributed by atoms with Gasteiger partial charge in [-0.25, -0.2) is 0 Å². The number of aryl methyl sites for hydroxylation is 2. The van der Waals surface area contributed by atoms with Crippen LogP contribution < -0.4 is 0 Å². The molecule has 1 aromatic carbocycles. The molecule has 1 aliphatic rings. The second-order valence-corrected chi connectivity index (χ2v) is 8.29. The van der Waals surface area contributed by atoms with Crippen LogP contribution >= 0.6 is 22.9 Å². The van der Waals surface area contributed by atoms with Gasteiger partial charge in [-0.05, 0) is 47.4 Å². The van der Waals surface area contributed by atoms with Crippen LogP contribution in [0.2, 0.25) is 0 Å². The summed E-state index contributed by atoms with van der Waals surface area (Å²) in [5.74, 6) is 0. The van der Waals surface area contributed by atoms with Crippen LogP contribution in [0.1, 0.15) is 59.0 Å². The summed E-state index contributed by atoms with van der Waals surface area (Å²) < 4.78 is 0. The van der Waals surface area contributed by atoms with Gasteiger partial charge in [-0.2, -0.15) is 0 Å². The van der Waals surface area contributed by atoms with Gasteiger partial charge in [-0.15, -0.1) is 22.9 Å². The predicted molar refractivity (Wildman–Crippen MR) is 89.2 cm³/mol. The van der Waals surface area contributed by atoms with Gasteiger partial charge in [0, 0.05) is 9.75 Å². The van der Waals surface area contributed by atoms with E-state index in [0.717, 1.165) is 0 Å². The highest BCUT2D eigenvalue weighted by molar-refractivity contribution is 7.12. The summed E-state index contributed by atoms with van der Waals surface area (Å²) in [6.45, 7) is 6.72. The van der Waals surface area contributed by atoms with Crippen LogP contribution in [0.3, 0.4) is 0 Å². The molecule has 1 heterocycles. The lowest BCUT2D eigenvalue weighted by Crippen LogP contribution is -2.10. The molecule has 0 bridgehead atoms. The van der Waals surface area contributed by atoms with E-state index in [1.165, 1.54) is 40.8 Å². The van der Waals surface area contributed by atoms with Crippen molar-refractivity contribution in [2.45, 2.75) is 50.8 Å². The van der Waals surface area contributed by atoms with E-state index in [2.05, 4.69) is 51.1 Å². The molecule has 1 atom stereocenters. The third-order valence-corrected chi connectivity index (χ3v) is 6.00. The van der Waals surface area contributed by atoms with E-state index >= 15 is 0 Å². The monoisotopic (exact) mass is 304 g/mol. The average molecular weight is 305 g/mol. The van der Waals surface area contributed by atoms with Crippen molar-refractivity contribution in [3.05, 3.63) is 56.8 Å². The van der Waals surface area contributed by atoms with Gasteiger partial charge in [0.15, 0.2) is 0 Å². The minimum Gasteiger partial charge on any atom is -0.143 e. The number of hydrogen-bond acceptors (Lipinski definition) is 1. The van der Waals surface area contributed by atoms with E-state index in [1.807, 2.05) is 11.3 Å². The molecule has 0 aliphatic heterocycles. The molecular formula is C18H21ClS. The van der Waals surface area contributed by atoms with Gasteiger partial charge in [0.1, 0.15) is 0 Å². The minimum atomic E-state index is -0.000353. The van der Waals surface area contributed by atoms with E-state index in [0.29, 0.717) is 0 Å². The summed E-state index contributed by atoms with van der Waals surface area (Å²) in [5.41, 5.74) is 4.30. The number of thiophene rings is 1. The molecular weight excluding hydrogens is 284 g/mol. The average Bonchev–Trinajstić information content (AvgIpc) is 2.97. The van der Waals surface area contributed by atoms with E-state index in [9.17, 15) is 0 Å². The van der Waals surface area contributed by atoms with E-state index in [1.54, 1.807) is 4.88 Å². The lowest BCUT2D eigenvalue weighted by Gasteiger charge is -2.19. The molecule has 2 aromatic rings. The van der Waals surface area contributed by atoms with Crippen molar-refractivity contribution in [3.63, 3.8) is 0 Å². The first-order chi connectivity index (χ1) is 9.45. The number of rotatable bonds is 2. The van der Waals surface area contributed by atoms with Gasteiger partial charge < -0.3 is 0 Å². The van der Waals surface area contributed by atoms with Gasteiger partial charge in [-0.3, -0.25) is 0 Å². The highest BCUT2D eigenvalue weighted by atomic mass is 35.5. The topological polar surface area (TPSA) is 0 Å². The van der Waals surface area contributed by atoms with E-state index < -0.39 is 0 Å². The van der Waals surface area contributed by atoms with Gasteiger partial charge in [0.25, 0.3) is 0 Å². The Morgan fingerprint density at radius 1 is 1.10 bits per heavy atom. The van der Waals surface area contributed by atoms with Crippen molar-refractivity contribution in [1.82, 2.24) is 0 Å². The standard InChI is InChI=1S/C18H21ClS/c1-18(2,3)14-9-7-12(8-10-14)17(19)16-11-13-5-4-6-15(13)20-16/h7-11,17H,4-6H2,1-3H3. The molecule has 0 spiro atoms. The molecule has 1 aromatic heterocycles. The highest BCUT2D eigenvalue weighted by Crippen LogP contribution is 2.39. The SMILES string of the molecule is CC(C)(C)c1ccc(C(Cl)c2cc3c(s2)CCC3)cc1. The van der Waals surface area contributed by atoms with Crippen molar-refractivity contribution < 1.29 is 0 Å². The van der Waals surface area contributed by atoms with E-state index in [-0.39, 0.29) is 10.8 Å². The number of halogens is 1. The van der Waals surface area contributed by atoms with Crippen LogP contribution in [0.5, 0.6) is 0 Å². The Kier molecular flexibility index (Phi) is 3.68. The molecule has 1 unspecified atom stereocenters. The van der Waals surface area contributed by atoms with Crippen LogP contribution in [0, 0.1) is 0 Å². The number of fused-ring (bicyclic) bond motifs is 1. The summed E-state index contributed by atoms with van der Waals surface area (Å²) in [6.07, 6.45) is 3.79. The zero-order chi connectivity index (χ0) is 14.3. The third kappa shape index (κ3) is 2.66. The molecule has 20 heavy (non-hydrogen) atoms. The molecule has 0 saturated heterocycles. The molecule has 0 N–H and O–H groups in total. The molecule has 106 valence electrons.